The summed E-state index contributed by atoms with van der Waals surface area (Å²) in [5, 5.41) is 28.2. The van der Waals surface area contributed by atoms with E-state index in [0.717, 1.165) is 10.9 Å². The highest BCUT2D eigenvalue weighted by Crippen LogP contribution is 2.19. The van der Waals surface area contributed by atoms with E-state index < -0.39 is 41.8 Å². The Balaban J connectivity index is 1.55. The number of nitrogens with zero attached hydrogens (tertiary/aromatic N) is 1. The molecule has 0 bridgehead atoms. The standard InChI is InChI=1S/C28H31N7O6/c29-12-25(37)33-23(11-18-14-30-15-32-18)27(39)34-22(9-16-5-7-19(36)8-6-16)26(38)35-24(28(40)41)10-17-13-31-21-4-2-1-3-20(17)21/h1-8,13-15,22-24,31,36H,9-12,29H2,(H,30,32)(H,33,37)(H,34,39)(H,35,38)(H,40,41). The Morgan fingerprint density at radius 1 is 0.854 bits per heavy atom. The topological polar surface area (TPSA) is 215 Å². The Morgan fingerprint density at radius 2 is 1.54 bits per heavy atom. The summed E-state index contributed by atoms with van der Waals surface area (Å²) >= 11 is 0. The summed E-state index contributed by atoms with van der Waals surface area (Å²) in [6.45, 7) is -0.349. The molecule has 0 saturated carbocycles. The van der Waals surface area contributed by atoms with E-state index in [1.165, 1.54) is 24.7 Å². The summed E-state index contributed by atoms with van der Waals surface area (Å²) in [6.07, 6.45) is 4.65. The molecule has 2 aromatic carbocycles. The first-order valence-electron chi connectivity index (χ1n) is 12.9. The number of carbonyl (C=O) groups excluding carboxylic acids is 3. The van der Waals surface area contributed by atoms with Crippen LogP contribution in [0.1, 0.15) is 16.8 Å². The number of nitrogens with one attached hydrogen (secondary N) is 5. The molecule has 0 fully saturated rings. The highest BCUT2D eigenvalue weighted by atomic mass is 16.4. The van der Waals surface area contributed by atoms with Crippen LogP contribution < -0.4 is 21.7 Å². The number of aromatic nitrogens is 3. The molecule has 9 N–H and O–H groups in total. The first kappa shape index (κ1) is 28.8. The van der Waals surface area contributed by atoms with E-state index in [9.17, 15) is 29.4 Å². The molecule has 4 aromatic rings. The first-order chi connectivity index (χ1) is 19.7. The van der Waals surface area contributed by atoms with Gasteiger partial charge in [0, 0.05) is 48.3 Å². The lowest BCUT2D eigenvalue weighted by molar-refractivity contribution is -0.142. The van der Waals surface area contributed by atoms with Gasteiger partial charge in [0.25, 0.3) is 0 Å². The molecule has 214 valence electrons. The number of phenolic OH excluding ortho intramolecular Hbond substituents is 1. The highest BCUT2D eigenvalue weighted by molar-refractivity contribution is 5.94. The normalized spacial score (nSPS) is 13.2. The second kappa shape index (κ2) is 13.3. The van der Waals surface area contributed by atoms with Crippen molar-refractivity contribution in [3.05, 3.63) is 84.1 Å². The first-order valence-corrected chi connectivity index (χ1v) is 12.9. The summed E-state index contributed by atoms with van der Waals surface area (Å²) in [4.78, 5) is 61.0. The zero-order valence-electron chi connectivity index (χ0n) is 22.0. The van der Waals surface area contributed by atoms with Gasteiger partial charge in [0.2, 0.25) is 17.7 Å². The van der Waals surface area contributed by atoms with Crippen LogP contribution in [-0.2, 0) is 38.4 Å². The maximum absolute atomic E-state index is 13.5. The van der Waals surface area contributed by atoms with Crippen molar-refractivity contribution in [3.8, 4) is 5.75 Å². The van der Waals surface area contributed by atoms with Gasteiger partial charge >= 0.3 is 5.97 Å². The molecular formula is C28H31N7O6. The van der Waals surface area contributed by atoms with Gasteiger partial charge in [0.15, 0.2) is 0 Å². The van der Waals surface area contributed by atoms with Gasteiger partial charge in [-0.2, -0.15) is 0 Å². The van der Waals surface area contributed by atoms with Gasteiger partial charge in [-0.3, -0.25) is 14.4 Å². The number of nitrogens with two attached hydrogens (primary N) is 1. The van der Waals surface area contributed by atoms with Crippen LogP contribution in [0.5, 0.6) is 5.75 Å². The van der Waals surface area contributed by atoms with Crippen molar-refractivity contribution in [2.45, 2.75) is 37.4 Å². The van der Waals surface area contributed by atoms with Crippen molar-refractivity contribution in [2.75, 3.05) is 6.54 Å². The number of H-pyrrole nitrogens is 2. The third-order valence-electron chi connectivity index (χ3n) is 6.54. The predicted octanol–water partition coefficient (Wildman–Crippen LogP) is 0.122. The Kier molecular flexibility index (Phi) is 9.32. The van der Waals surface area contributed by atoms with Gasteiger partial charge in [-0.25, -0.2) is 9.78 Å². The van der Waals surface area contributed by atoms with Crippen LogP contribution in [0.3, 0.4) is 0 Å². The lowest BCUT2D eigenvalue weighted by atomic mass is 10.0. The zero-order chi connectivity index (χ0) is 29.4. The van der Waals surface area contributed by atoms with Crippen LogP contribution in [0.4, 0.5) is 0 Å². The molecular weight excluding hydrogens is 530 g/mol. The summed E-state index contributed by atoms with van der Waals surface area (Å²) in [7, 11) is 0. The van der Waals surface area contributed by atoms with Crippen LogP contribution in [0.2, 0.25) is 0 Å². The lowest BCUT2D eigenvalue weighted by Crippen LogP contribution is -2.57. The average Bonchev–Trinajstić information content (AvgIpc) is 3.63. The second-order valence-electron chi connectivity index (χ2n) is 9.50. The Labute approximate surface area is 234 Å². The van der Waals surface area contributed by atoms with Gasteiger partial charge in [-0.05, 0) is 29.3 Å². The quantitative estimate of drug-likeness (QED) is 0.112. The van der Waals surface area contributed by atoms with Crippen molar-refractivity contribution in [1.29, 1.82) is 0 Å². The van der Waals surface area contributed by atoms with E-state index in [1.54, 1.807) is 18.3 Å². The number of hydrogen-bond acceptors (Lipinski definition) is 7. The summed E-state index contributed by atoms with van der Waals surface area (Å²) < 4.78 is 0. The zero-order valence-corrected chi connectivity index (χ0v) is 22.0. The number of aromatic hydroxyl groups is 1. The van der Waals surface area contributed by atoms with Gasteiger partial charge in [0.05, 0.1) is 12.9 Å². The number of phenols is 1. The maximum atomic E-state index is 13.5. The summed E-state index contributed by atoms with van der Waals surface area (Å²) in [5.74, 6) is -3.21. The number of carbonyl (C=O) groups is 4. The maximum Gasteiger partial charge on any atom is 0.326 e. The van der Waals surface area contributed by atoms with Crippen LogP contribution >= 0.6 is 0 Å². The number of carboxylic acids is 1. The van der Waals surface area contributed by atoms with Crippen molar-refractivity contribution in [1.82, 2.24) is 30.9 Å². The van der Waals surface area contributed by atoms with Gasteiger partial charge < -0.3 is 41.9 Å². The van der Waals surface area contributed by atoms with Gasteiger partial charge in [0.1, 0.15) is 23.9 Å². The third-order valence-corrected chi connectivity index (χ3v) is 6.54. The number of benzene rings is 2. The molecule has 13 nitrogen and oxygen atoms in total. The largest absolute Gasteiger partial charge is 0.508 e. The van der Waals surface area contributed by atoms with Crippen molar-refractivity contribution in [3.63, 3.8) is 0 Å². The fourth-order valence-corrected chi connectivity index (χ4v) is 4.42. The minimum Gasteiger partial charge on any atom is -0.508 e. The van der Waals surface area contributed by atoms with Crippen LogP contribution in [0, 0.1) is 0 Å². The van der Waals surface area contributed by atoms with E-state index in [-0.39, 0.29) is 31.6 Å². The SMILES string of the molecule is NCC(=O)NC(Cc1cnc[nH]1)C(=O)NC(Cc1ccc(O)cc1)C(=O)NC(Cc1c[nH]c2ccccc12)C(=O)O. The number of aliphatic carboxylic acids is 1. The molecule has 0 spiro atoms. The smallest absolute Gasteiger partial charge is 0.326 e. The summed E-state index contributed by atoms with van der Waals surface area (Å²) in [5.41, 5.74) is 8.12. The predicted molar refractivity (Wildman–Crippen MR) is 149 cm³/mol. The summed E-state index contributed by atoms with van der Waals surface area (Å²) in [6, 6.07) is 9.84. The third kappa shape index (κ3) is 7.70. The number of hydrogen-bond donors (Lipinski definition) is 8. The number of carboxylic acid groups (broad SMARTS) is 1. The Morgan fingerprint density at radius 3 is 2.20 bits per heavy atom. The fourth-order valence-electron chi connectivity index (χ4n) is 4.42. The molecule has 0 aliphatic carbocycles. The monoisotopic (exact) mass is 561 g/mol. The molecule has 0 aliphatic rings. The number of imidazole rings is 1. The number of aromatic amines is 2. The van der Waals surface area contributed by atoms with Crippen LogP contribution in [0.15, 0.2) is 67.3 Å². The van der Waals surface area contributed by atoms with Crippen molar-refractivity contribution < 1.29 is 29.4 Å². The Bertz CT molecular complexity index is 1500. The Hall–Kier alpha value is -5.17. The molecule has 2 aromatic heterocycles. The minimum absolute atomic E-state index is 0.0000308. The van der Waals surface area contributed by atoms with E-state index in [1.807, 2.05) is 24.3 Å². The number of para-hydroxylation sites is 1. The van der Waals surface area contributed by atoms with E-state index in [2.05, 4.69) is 30.9 Å². The van der Waals surface area contributed by atoms with Crippen LogP contribution in [-0.4, -0.2) is 73.5 Å². The molecule has 2 heterocycles. The molecule has 0 saturated heterocycles. The van der Waals surface area contributed by atoms with E-state index >= 15 is 0 Å². The fraction of sp³-hybridized carbons (Fsp3) is 0.250. The minimum atomic E-state index is -1.29. The van der Waals surface area contributed by atoms with Gasteiger partial charge in [-0.1, -0.05) is 30.3 Å². The lowest BCUT2D eigenvalue weighted by Gasteiger charge is -2.24. The molecule has 0 radical (unpaired) electrons. The molecule has 41 heavy (non-hydrogen) atoms. The molecule has 3 amide bonds. The molecule has 4 rings (SSSR count). The molecule has 3 atom stereocenters. The molecule has 0 aliphatic heterocycles. The van der Waals surface area contributed by atoms with Crippen molar-refractivity contribution >= 4 is 34.6 Å². The number of fused-ring (bicyclic) bond motifs is 1. The van der Waals surface area contributed by atoms with Crippen molar-refractivity contribution in [2.24, 2.45) is 5.73 Å². The highest BCUT2D eigenvalue weighted by Gasteiger charge is 2.30. The van der Waals surface area contributed by atoms with E-state index in [0.29, 0.717) is 16.8 Å². The average molecular weight is 562 g/mol. The van der Waals surface area contributed by atoms with E-state index in [4.69, 9.17) is 5.73 Å². The number of rotatable bonds is 13. The molecule has 3 unspecified atom stereocenters. The second-order valence-corrected chi connectivity index (χ2v) is 9.50. The molecule has 13 heteroatoms. The van der Waals surface area contributed by atoms with Gasteiger partial charge in [-0.15, -0.1) is 0 Å². The van der Waals surface area contributed by atoms with Crippen LogP contribution in [0.25, 0.3) is 10.9 Å². The number of amides is 3.